The molecule has 0 aliphatic carbocycles. The third-order valence-corrected chi connectivity index (χ3v) is 4.91. The van der Waals surface area contributed by atoms with Crippen LogP contribution in [0.15, 0.2) is 52.4 Å². The van der Waals surface area contributed by atoms with Crippen molar-refractivity contribution in [1.29, 1.82) is 0 Å². The number of hydrogen-bond acceptors (Lipinski definition) is 5. The number of fused-ring (bicyclic) bond motifs is 1. The van der Waals surface area contributed by atoms with Crippen LogP contribution in [-0.2, 0) is 23.7 Å². The summed E-state index contributed by atoms with van der Waals surface area (Å²) in [5.41, 5.74) is 5.49. The minimum Gasteiger partial charge on any atom is -0.484 e. The van der Waals surface area contributed by atoms with Crippen LogP contribution in [0.3, 0.4) is 0 Å². The quantitative estimate of drug-likeness (QED) is 0.440. The fraction of sp³-hybridized carbons (Fsp3) is 0.273. The number of nitrogens with zero attached hydrogens (tertiary/aromatic N) is 3. The monoisotopic (exact) mass is 423 g/mol. The van der Waals surface area contributed by atoms with Crippen molar-refractivity contribution in [2.75, 3.05) is 6.61 Å². The van der Waals surface area contributed by atoms with E-state index in [9.17, 15) is 14.4 Å². The number of nitrogens with one attached hydrogen (secondary N) is 2. The first-order valence-electron chi connectivity index (χ1n) is 9.74. The summed E-state index contributed by atoms with van der Waals surface area (Å²) in [6, 6.07) is 12.0. The summed E-state index contributed by atoms with van der Waals surface area (Å²) in [6.45, 7) is 3.25. The van der Waals surface area contributed by atoms with Crippen molar-refractivity contribution in [3.05, 3.63) is 64.1 Å². The van der Waals surface area contributed by atoms with Gasteiger partial charge in [0.2, 0.25) is 0 Å². The highest BCUT2D eigenvalue weighted by atomic mass is 16.5. The molecule has 2 aromatic carbocycles. The highest BCUT2D eigenvalue weighted by Crippen LogP contribution is 2.15. The van der Waals surface area contributed by atoms with E-state index in [-0.39, 0.29) is 12.3 Å². The molecule has 0 aliphatic rings. The Morgan fingerprint density at radius 3 is 2.58 bits per heavy atom. The second-order valence-electron chi connectivity index (χ2n) is 7.23. The van der Waals surface area contributed by atoms with E-state index in [1.807, 2.05) is 31.2 Å². The Labute approximate surface area is 179 Å². The van der Waals surface area contributed by atoms with Gasteiger partial charge in [-0.25, -0.2) is 10.2 Å². The normalized spacial score (nSPS) is 12.1. The van der Waals surface area contributed by atoms with Crippen molar-refractivity contribution in [2.24, 2.45) is 19.2 Å². The Hall–Kier alpha value is -3.88. The van der Waals surface area contributed by atoms with Crippen LogP contribution in [0.4, 0.5) is 0 Å². The molecule has 0 unspecified atom stereocenters. The van der Waals surface area contributed by atoms with E-state index in [4.69, 9.17) is 4.74 Å². The summed E-state index contributed by atoms with van der Waals surface area (Å²) < 4.78 is 8.58. The average Bonchev–Trinajstić information content (AvgIpc) is 2.96. The predicted octanol–water partition coefficient (Wildman–Crippen LogP) is 1.22. The van der Waals surface area contributed by atoms with Gasteiger partial charge in [-0.3, -0.25) is 18.7 Å². The number of imidazole rings is 1. The zero-order valence-corrected chi connectivity index (χ0v) is 17.9. The fourth-order valence-corrected chi connectivity index (χ4v) is 3.08. The smallest absolute Gasteiger partial charge is 0.328 e. The standard InChI is InChI=1S/C22H25N5O4/c1-14-7-5-6-8-19(14)31-13-20(28)24-15(2)21(29)25-23-12-16-9-10-17-18(11-16)27(4)22(30)26(17)3/h5-12,15H,13H2,1-4H3,(H,24,28)(H,25,29)/b23-12-/t15-/m1/s1. The molecular weight excluding hydrogens is 398 g/mol. The van der Waals surface area contributed by atoms with Gasteiger partial charge in [0.25, 0.3) is 11.8 Å². The van der Waals surface area contributed by atoms with E-state index in [2.05, 4.69) is 15.8 Å². The Morgan fingerprint density at radius 2 is 1.84 bits per heavy atom. The molecule has 0 radical (unpaired) electrons. The summed E-state index contributed by atoms with van der Waals surface area (Å²) >= 11 is 0. The van der Waals surface area contributed by atoms with Crippen LogP contribution >= 0.6 is 0 Å². The number of benzene rings is 2. The lowest BCUT2D eigenvalue weighted by molar-refractivity contribution is -0.129. The van der Waals surface area contributed by atoms with E-state index in [0.717, 1.165) is 22.2 Å². The van der Waals surface area contributed by atoms with E-state index >= 15 is 0 Å². The highest BCUT2D eigenvalue weighted by molar-refractivity contribution is 5.90. The number of aryl methyl sites for hydroxylation is 3. The number of aromatic nitrogens is 2. The summed E-state index contributed by atoms with van der Waals surface area (Å²) in [6.07, 6.45) is 1.48. The second-order valence-corrected chi connectivity index (χ2v) is 7.23. The number of carbonyl (C=O) groups excluding carboxylic acids is 2. The molecule has 1 aromatic heterocycles. The van der Waals surface area contributed by atoms with Gasteiger partial charge < -0.3 is 10.1 Å². The van der Waals surface area contributed by atoms with E-state index in [1.165, 1.54) is 6.21 Å². The third kappa shape index (κ3) is 5.00. The molecule has 0 spiro atoms. The molecule has 9 heteroatoms. The number of carbonyl (C=O) groups is 2. The number of amides is 2. The predicted molar refractivity (Wildman–Crippen MR) is 118 cm³/mol. The Morgan fingerprint density at radius 1 is 1.13 bits per heavy atom. The molecule has 2 amide bonds. The van der Waals surface area contributed by atoms with Crippen molar-refractivity contribution in [1.82, 2.24) is 19.9 Å². The number of para-hydroxylation sites is 1. The molecule has 31 heavy (non-hydrogen) atoms. The van der Waals surface area contributed by atoms with Gasteiger partial charge in [-0.2, -0.15) is 5.10 Å². The maximum Gasteiger partial charge on any atom is 0.328 e. The molecule has 162 valence electrons. The maximum atomic E-state index is 12.2. The first-order chi connectivity index (χ1) is 14.8. The molecule has 0 bridgehead atoms. The molecule has 0 saturated heterocycles. The minimum absolute atomic E-state index is 0.117. The van der Waals surface area contributed by atoms with E-state index in [0.29, 0.717) is 5.75 Å². The Kier molecular flexibility index (Phi) is 6.54. The number of hydrogen-bond donors (Lipinski definition) is 2. The van der Waals surface area contributed by atoms with Crippen molar-refractivity contribution < 1.29 is 14.3 Å². The Balaban J connectivity index is 1.52. The first-order valence-corrected chi connectivity index (χ1v) is 9.74. The van der Waals surface area contributed by atoms with Gasteiger partial charge in [0.05, 0.1) is 17.2 Å². The van der Waals surface area contributed by atoms with Gasteiger partial charge >= 0.3 is 5.69 Å². The van der Waals surface area contributed by atoms with Gasteiger partial charge in [0, 0.05) is 14.1 Å². The van der Waals surface area contributed by atoms with E-state index < -0.39 is 17.9 Å². The fourth-order valence-electron chi connectivity index (χ4n) is 3.08. The molecule has 1 atom stereocenters. The van der Waals surface area contributed by atoms with Gasteiger partial charge in [-0.05, 0) is 43.2 Å². The second kappa shape index (κ2) is 9.29. The van der Waals surface area contributed by atoms with Crippen LogP contribution in [0.5, 0.6) is 5.75 Å². The van der Waals surface area contributed by atoms with Crippen LogP contribution in [0, 0.1) is 6.92 Å². The maximum absolute atomic E-state index is 12.2. The Bertz CT molecular complexity index is 1210. The zero-order valence-electron chi connectivity index (χ0n) is 17.9. The van der Waals surface area contributed by atoms with E-state index in [1.54, 1.807) is 48.4 Å². The van der Waals surface area contributed by atoms with Crippen molar-refractivity contribution >= 4 is 29.1 Å². The molecule has 1 heterocycles. The largest absolute Gasteiger partial charge is 0.484 e. The molecule has 3 aromatic rings. The van der Waals surface area contributed by atoms with Crippen LogP contribution in [0.2, 0.25) is 0 Å². The van der Waals surface area contributed by atoms with Crippen LogP contribution in [0.25, 0.3) is 11.0 Å². The van der Waals surface area contributed by atoms with Crippen LogP contribution in [-0.4, -0.2) is 39.8 Å². The zero-order chi connectivity index (χ0) is 22.5. The number of hydrazone groups is 1. The SMILES string of the molecule is Cc1ccccc1OCC(=O)N[C@H](C)C(=O)N/N=C\c1ccc2c(c1)n(C)c(=O)n2C. The van der Waals surface area contributed by atoms with Crippen molar-refractivity contribution in [3.8, 4) is 5.75 Å². The molecule has 0 fully saturated rings. The summed E-state index contributed by atoms with van der Waals surface area (Å²) in [5, 5.41) is 6.51. The molecule has 9 nitrogen and oxygen atoms in total. The lowest BCUT2D eigenvalue weighted by Crippen LogP contribution is -2.45. The number of rotatable bonds is 7. The molecule has 2 N–H and O–H groups in total. The number of ether oxygens (including phenoxy) is 1. The molecular formula is C22H25N5O4. The van der Waals surface area contributed by atoms with Crippen molar-refractivity contribution in [2.45, 2.75) is 19.9 Å². The summed E-state index contributed by atoms with van der Waals surface area (Å²) in [7, 11) is 3.40. The van der Waals surface area contributed by atoms with Gasteiger partial charge in [0.15, 0.2) is 6.61 Å². The lowest BCUT2D eigenvalue weighted by atomic mass is 10.2. The highest BCUT2D eigenvalue weighted by Gasteiger charge is 2.15. The summed E-state index contributed by atoms with van der Waals surface area (Å²) in [4.78, 5) is 36.2. The minimum atomic E-state index is -0.789. The summed E-state index contributed by atoms with van der Waals surface area (Å²) in [5.74, 6) is -0.258. The first kappa shape index (κ1) is 21.8. The van der Waals surface area contributed by atoms with Gasteiger partial charge in [-0.1, -0.05) is 24.3 Å². The van der Waals surface area contributed by atoms with Gasteiger partial charge in [0.1, 0.15) is 11.8 Å². The average molecular weight is 423 g/mol. The molecule has 0 saturated carbocycles. The van der Waals surface area contributed by atoms with Crippen LogP contribution < -0.4 is 21.2 Å². The molecule has 0 aliphatic heterocycles. The lowest BCUT2D eigenvalue weighted by Gasteiger charge is -2.13. The topological polar surface area (TPSA) is 107 Å². The van der Waals surface area contributed by atoms with Crippen molar-refractivity contribution in [3.63, 3.8) is 0 Å². The molecule has 3 rings (SSSR count). The van der Waals surface area contributed by atoms with Crippen LogP contribution in [0.1, 0.15) is 18.1 Å². The third-order valence-electron chi connectivity index (χ3n) is 4.91. The van der Waals surface area contributed by atoms with Gasteiger partial charge in [-0.15, -0.1) is 0 Å².